The van der Waals surface area contributed by atoms with Crippen molar-refractivity contribution in [2.75, 3.05) is 0 Å². The number of rotatable bonds is 2. The van der Waals surface area contributed by atoms with Crippen LogP contribution in [0.3, 0.4) is 0 Å². The number of allylic oxidation sites excluding steroid dienone is 3. The molecule has 2 amide bonds. The zero-order chi connectivity index (χ0) is 20.0. The molecule has 0 fully saturated rings. The van der Waals surface area contributed by atoms with Gasteiger partial charge < -0.3 is 10.3 Å². The van der Waals surface area contributed by atoms with E-state index >= 15 is 0 Å². The number of aromatic nitrogens is 1. The van der Waals surface area contributed by atoms with Gasteiger partial charge in [0.25, 0.3) is 11.7 Å². The summed E-state index contributed by atoms with van der Waals surface area (Å²) >= 11 is 0. The van der Waals surface area contributed by atoms with Gasteiger partial charge in [0, 0.05) is 34.3 Å². The van der Waals surface area contributed by atoms with Crippen molar-refractivity contribution in [3.63, 3.8) is 0 Å². The fourth-order valence-electron chi connectivity index (χ4n) is 4.36. The number of carbonyl (C=O) groups excluding carboxylic acids is 3. The second kappa shape index (κ2) is 6.81. The van der Waals surface area contributed by atoms with E-state index in [9.17, 15) is 14.4 Å². The molecule has 2 heterocycles. The third kappa shape index (κ3) is 2.97. The molecule has 2 aliphatic carbocycles. The highest BCUT2D eigenvalue weighted by atomic mass is 16.2. The minimum atomic E-state index is -0.829. The lowest BCUT2D eigenvalue weighted by Gasteiger charge is -2.33. The van der Waals surface area contributed by atoms with E-state index in [2.05, 4.69) is 15.3 Å². The van der Waals surface area contributed by atoms with E-state index in [1.807, 2.05) is 24.3 Å². The molecule has 1 aromatic heterocycles. The molecule has 0 saturated carbocycles. The van der Waals surface area contributed by atoms with Crippen LogP contribution in [0, 0.1) is 5.92 Å². The highest BCUT2D eigenvalue weighted by Gasteiger charge is 2.33. The summed E-state index contributed by atoms with van der Waals surface area (Å²) < 4.78 is 0. The molecule has 144 valence electrons. The molecule has 1 unspecified atom stereocenters. The molecule has 0 saturated heterocycles. The monoisotopic (exact) mass is 385 g/mol. The Hall–Kier alpha value is -3.54. The molecular formula is C23H19N3O3. The lowest BCUT2D eigenvalue weighted by Crippen LogP contribution is -2.37. The Bertz CT molecular complexity index is 1190. The number of hydrogen-bond acceptors (Lipinski definition) is 3. The number of fused-ring (bicyclic) bond motifs is 3. The third-order valence-electron chi connectivity index (χ3n) is 5.77. The van der Waals surface area contributed by atoms with Gasteiger partial charge in [0.2, 0.25) is 0 Å². The van der Waals surface area contributed by atoms with Crippen LogP contribution in [0.25, 0.3) is 10.9 Å². The van der Waals surface area contributed by atoms with E-state index in [0.29, 0.717) is 16.7 Å². The first kappa shape index (κ1) is 17.6. The molecular weight excluding hydrogens is 366 g/mol. The third-order valence-corrected chi connectivity index (χ3v) is 5.77. The van der Waals surface area contributed by atoms with E-state index in [4.69, 9.17) is 0 Å². The van der Waals surface area contributed by atoms with Crippen LogP contribution in [-0.4, -0.2) is 28.3 Å². The molecule has 6 nitrogen and oxygen atoms in total. The Labute approximate surface area is 167 Å². The molecule has 1 atom stereocenters. The summed E-state index contributed by atoms with van der Waals surface area (Å²) in [6.45, 7) is 0. The van der Waals surface area contributed by atoms with Crippen molar-refractivity contribution >= 4 is 34.2 Å². The Morgan fingerprint density at radius 3 is 2.83 bits per heavy atom. The number of amides is 2. The topological polar surface area (TPSA) is 91.4 Å². The highest BCUT2D eigenvalue weighted by Crippen LogP contribution is 2.38. The van der Waals surface area contributed by atoms with Crippen LogP contribution < -0.4 is 5.32 Å². The number of carbonyl (C=O) groups is 3. The van der Waals surface area contributed by atoms with Gasteiger partial charge in [0.1, 0.15) is 0 Å². The molecule has 6 heteroatoms. The second-order valence-corrected chi connectivity index (χ2v) is 7.52. The molecule has 3 aliphatic rings. The lowest BCUT2D eigenvalue weighted by atomic mass is 9.77. The van der Waals surface area contributed by atoms with Crippen LogP contribution in [0.5, 0.6) is 0 Å². The number of nitrogens with one attached hydrogen (secondary N) is 2. The molecule has 0 spiro atoms. The van der Waals surface area contributed by atoms with Gasteiger partial charge in [-0.2, -0.15) is 0 Å². The number of benzene rings is 1. The molecule has 2 N–H and O–H groups in total. The summed E-state index contributed by atoms with van der Waals surface area (Å²) in [6, 6.07) is 7.31. The predicted octanol–water partition coefficient (Wildman–Crippen LogP) is 3.39. The van der Waals surface area contributed by atoms with Gasteiger partial charge in [-0.05, 0) is 49.5 Å². The number of hydrogen-bond donors (Lipinski definition) is 2. The van der Waals surface area contributed by atoms with Crippen LogP contribution in [-0.2, 0) is 9.59 Å². The van der Waals surface area contributed by atoms with Gasteiger partial charge in [-0.3, -0.25) is 14.4 Å². The van der Waals surface area contributed by atoms with Crippen LogP contribution in [0.2, 0.25) is 0 Å². The first-order chi connectivity index (χ1) is 14.1. The summed E-state index contributed by atoms with van der Waals surface area (Å²) in [5, 5.41) is 3.63. The summed E-state index contributed by atoms with van der Waals surface area (Å²) in [5.74, 6) is -1.52. The standard InChI is InChI=1S/C23H19N3O3/c27-21(18-12-24-19-8-4-3-6-15(18)19)23(29)25-13-9-10-16-14-5-1-2-7-17(14)22(28)26-20(16)11-13/h3-4,6,8-12,16,24H,1-2,5,7H2,(H,26,28). The predicted molar refractivity (Wildman–Crippen MR) is 109 cm³/mol. The minimum absolute atomic E-state index is 0.0290. The number of H-pyrrole nitrogens is 1. The van der Waals surface area contributed by atoms with Crippen LogP contribution in [0.1, 0.15) is 36.0 Å². The Morgan fingerprint density at radius 2 is 1.93 bits per heavy atom. The van der Waals surface area contributed by atoms with Crippen molar-refractivity contribution in [3.8, 4) is 0 Å². The number of aromatic amines is 1. The van der Waals surface area contributed by atoms with Gasteiger partial charge in [-0.15, -0.1) is 0 Å². The number of aliphatic imine (C=N–C) groups is 1. The second-order valence-electron chi connectivity index (χ2n) is 7.52. The minimum Gasteiger partial charge on any atom is -0.360 e. The van der Waals surface area contributed by atoms with Gasteiger partial charge in [-0.25, -0.2) is 4.99 Å². The average Bonchev–Trinajstić information content (AvgIpc) is 3.17. The van der Waals surface area contributed by atoms with E-state index in [-0.39, 0.29) is 11.8 Å². The number of ketones is 1. The molecule has 0 bridgehead atoms. The van der Waals surface area contributed by atoms with Crippen molar-refractivity contribution in [1.82, 2.24) is 10.3 Å². The molecule has 0 radical (unpaired) electrons. The van der Waals surface area contributed by atoms with E-state index in [1.54, 1.807) is 18.2 Å². The Balaban J connectivity index is 1.42. The maximum absolute atomic E-state index is 12.6. The number of para-hydroxylation sites is 1. The smallest absolute Gasteiger partial charge is 0.318 e. The van der Waals surface area contributed by atoms with Crippen molar-refractivity contribution < 1.29 is 14.4 Å². The van der Waals surface area contributed by atoms with Crippen molar-refractivity contribution in [1.29, 1.82) is 0 Å². The molecule has 1 aromatic carbocycles. The maximum atomic E-state index is 12.6. The maximum Gasteiger partial charge on any atom is 0.318 e. The average molecular weight is 385 g/mol. The van der Waals surface area contributed by atoms with Gasteiger partial charge >= 0.3 is 5.91 Å². The van der Waals surface area contributed by atoms with Gasteiger partial charge in [0.05, 0.1) is 11.3 Å². The van der Waals surface area contributed by atoms with Crippen LogP contribution in [0.4, 0.5) is 0 Å². The van der Waals surface area contributed by atoms with Gasteiger partial charge in [-0.1, -0.05) is 24.3 Å². The number of Topliss-reactive ketones (excluding diaryl/α,β-unsaturated/α-hetero) is 1. The zero-order valence-electron chi connectivity index (χ0n) is 15.7. The Morgan fingerprint density at radius 1 is 1.10 bits per heavy atom. The number of nitrogens with zero attached hydrogens (tertiary/aromatic N) is 1. The summed E-state index contributed by atoms with van der Waals surface area (Å²) in [5.41, 5.74) is 4.26. The summed E-state index contributed by atoms with van der Waals surface area (Å²) in [4.78, 5) is 44.5. The Kier molecular flexibility index (Phi) is 4.12. The summed E-state index contributed by atoms with van der Waals surface area (Å²) in [7, 11) is 0. The van der Waals surface area contributed by atoms with Gasteiger partial charge in [0.15, 0.2) is 0 Å². The molecule has 29 heavy (non-hydrogen) atoms. The molecule has 2 aromatic rings. The molecule has 5 rings (SSSR count). The van der Waals surface area contributed by atoms with Crippen molar-refractivity contribution in [3.05, 3.63) is 71.1 Å². The van der Waals surface area contributed by atoms with Crippen molar-refractivity contribution in [2.24, 2.45) is 10.9 Å². The normalized spacial score (nSPS) is 22.2. The van der Waals surface area contributed by atoms with E-state index in [0.717, 1.165) is 42.5 Å². The van der Waals surface area contributed by atoms with E-state index in [1.165, 1.54) is 11.8 Å². The zero-order valence-corrected chi connectivity index (χ0v) is 15.7. The summed E-state index contributed by atoms with van der Waals surface area (Å²) in [6.07, 6.45) is 10.8. The molecule has 1 aliphatic heterocycles. The highest BCUT2D eigenvalue weighted by molar-refractivity contribution is 6.46. The quantitative estimate of drug-likeness (QED) is 0.613. The van der Waals surface area contributed by atoms with E-state index < -0.39 is 11.7 Å². The fourth-order valence-corrected chi connectivity index (χ4v) is 4.36. The SMILES string of the molecule is O=C(N=C1C=CC2C(=C1)NC(=O)C1=C2CCCC1)C(=O)c1c[nH]c2ccccc12. The largest absolute Gasteiger partial charge is 0.360 e. The van der Waals surface area contributed by atoms with Crippen LogP contribution >= 0.6 is 0 Å². The van der Waals surface area contributed by atoms with Crippen LogP contribution in [0.15, 0.2) is 70.5 Å². The lowest BCUT2D eigenvalue weighted by molar-refractivity contribution is -0.117. The fraction of sp³-hybridized carbons (Fsp3) is 0.217. The first-order valence-electron chi connectivity index (χ1n) is 9.78. The van der Waals surface area contributed by atoms with Crippen molar-refractivity contribution in [2.45, 2.75) is 25.7 Å². The first-order valence-corrected chi connectivity index (χ1v) is 9.78.